The van der Waals surface area contributed by atoms with E-state index in [1.54, 1.807) is 24.3 Å². The number of hydrogen-bond acceptors (Lipinski definition) is 4. The standard InChI is InChI=1S/C20H26N4O5/c1-3-12(2)17(18(26)23-10-6-9-15(23)19(27)28)22-20(29)24-11-16(25)21-13-7-4-5-8-14(13)24/h4-5,7-8,12,15,17H,3,6,9-11H2,1-2H3,(H,21,25)(H,22,29)(H,27,28)/t12-,15-,17+/m1/s1. The van der Waals surface area contributed by atoms with Crippen LogP contribution in [0.1, 0.15) is 33.1 Å². The summed E-state index contributed by atoms with van der Waals surface area (Å²) in [7, 11) is 0. The molecule has 0 spiro atoms. The molecule has 0 bridgehead atoms. The van der Waals surface area contributed by atoms with Crippen LogP contribution in [0, 0.1) is 5.92 Å². The van der Waals surface area contributed by atoms with Crippen molar-refractivity contribution in [2.75, 3.05) is 23.3 Å². The van der Waals surface area contributed by atoms with Crippen LogP contribution in [0.25, 0.3) is 0 Å². The number of para-hydroxylation sites is 2. The van der Waals surface area contributed by atoms with E-state index in [0.717, 1.165) is 0 Å². The first kappa shape index (κ1) is 20.6. The van der Waals surface area contributed by atoms with Gasteiger partial charge in [0.1, 0.15) is 18.6 Å². The molecule has 0 saturated carbocycles. The van der Waals surface area contributed by atoms with Gasteiger partial charge < -0.3 is 20.6 Å². The van der Waals surface area contributed by atoms with Gasteiger partial charge in [0.15, 0.2) is 0 Å². The van der Waals surface area contributed by atoms with Crippen LogP contribution in [0.5, 0.6) is 0 Å². The minimum atomic E-state index is -1.04. The number of nitrogens with zero attached hydrogens (tertiary/aromatic N) is 2. The van der Waals surface area contributed by atoms with Crippen LogP contribution in [-0.2, 0) is 14.4 Å². The number of nitrogens with one attached hydrogen (secondary N) is 2. The lowest BCUT2D eigenvalue weighted by atomic mass is 9.97. The highest BCUT2D eigenvalue weighted by molar-refractivity contribution is 6.10. The fourth-order valence-electron chi connectivity index (χ4n) is 3.77. The highest BCUT2D eigenvalue weighted by Crippen LogP contribution is 2.29. The second-order valence-electron chi connectivity index (χ2n) is 7.49. The van der Waals surface area contributed by atoms with Crippen molar-refractivity contribution in [1.29, 1.82) is 0 Å². The summed E-state index contributed by atoms with van der Waals surface area (Å²) in [6.45, 7) is 3.93. The van der Waals surface area contributed by atoms with Crippen LogP contribution < -0.4 is 15.5 Å². The Hall–Kier alpha value is -3.10. The van der Waals surface area contributed by atoms with Crippen LogP contribution in [0.3, 0.4) is 0 Å². The second-order valence-corrected chi connectivity index (χ2v) is 7.49. The fraction of sp³-hybridized carbons (Fsp3) is 0.500. The molecule has 4 amide bonds. The molecule has 0 aromatic heterocycles. The van der Waals surface area contributed by atoms with Crippen molar-refractivity contribution < 1.29 is 24.3 Å². The van der Waals surface area contributed by atoms with Crippen molar-refractivity contribution in [3.8, 4) is 0 Å². The summed E-state index contributed by atoms with van der Waals surface area (Å²) in [5.74, 6) is -1.95. The quantitative estimate of drug-likeness (QED) is 0.692. The van der Waals surface area contributed by atoms with Crippen LogP contribution in [-0.4, -0.2) is 59.0 Å². The van der Waals surface area contributed by atoms with Crippen molar-refractivity contribution in [3.63, 3.8) is 0 Å². The number of urea groups is 1. The lowest BCUT2D eigenvalue weighted by Crippen LogP contribution is -2.57. The number of carboxylic acids is 1. The topological polar surface area (TPSA) is 119 Å². The summed E-state index contributed by atoms with van der Waals surface area (Å²) in [5, 5.41) is 14.9. The van der Waals surface area contributed by atoms with E-state index in [9.17, 15) is 24.3 Å². The molecule has 9 heteroatoms. The maximum atomic E-state index is 13.1. The van der Waals surface area contributed by atoms with Crippen molar-refractivity contribution in [2.45, 2.75) is 45.2 Å². The maximum Gasteiger partial charge on any atom is 0.326 e. The second kappa shape index (κ2) is 8.50. The van der Waals surface area contributed by atoms with Gasteiger partial charge in [-0.1, -0.05) is 32.4 Å². The summed E-state index contributed by atoms with van der Waals surface area (Å²) < 4.78 is 0. The Morgan fingerprint density at radius 1 is 1.31 bits per heavy atom. The molecular formula is C20H26N4O5. The molecule has 0 aliphatic carbocycles. The molecule has 2 aliphatic rings. The normalized spacial score (nSPS) is 20.5. The number of carbonyl (C=O) groups excluding carboxylic acids is 3. The Kier molecular flexibility index (Phi) is 6.05. The number of carboxylic acid groups (broad SMARTS) is 1. The number of amides is 4. The molecule has 156 valence electrons. The zero-order valence-corrected chi connectivity index (χ0v) is 16.6. The highest BCUT2D eigenvalue weighted by atomic mass is 16.4. The average molecular weight is 402 g/mol. The van der Waals surface area contributed by atoms with Gasteiger partial charge in [-0.2, -0.15) is 0 Å². The highest BCUT2D eigenvalue weighted by Gasteiger charge is 2.40. The van der Waals surface area contributed by atoms with E-state index in [1.165, 1.54) is 9.80 Å². The molecule has 9 nitrogen and oxygen atoms in total. The average Bonchev–Trinajstić information content (AvgIpc) is 3.20. The zero-order chi connectivity index (χ0) is 21.1. The van der Waals surface area contributed by atoms with Gasteiger partial charge in [0, 0.05) is 6.54 Å². The number of hydrogen-bond donors (Lipinski definition) is 3. The van der Waals surface area contributed by atoms with E-state index >= 15 is 0 Å². The number of aliphatic carboxylic acids is 1. The molecule has 3 N–H and O–H groups in total. The third-order valence-corrected chi connectivity index (χ3v) is 5.59. The SMILES string of the molecule is CC[C@@H](C)[C@H](NC(=O)N1CC(=O)Nc2ccccc21)C(=O)N1CCC[C@@H]1C(=O)O. The largest absolute Gasteiger partial charge is 0.480 e. The summed E-state index contributed by atoms with van der Waals surface area (Å²) in [4.78, 5) is 52.3. The molecular weight excluding hydrogens is 376 g/mol. The minimum absolute atomic E-state index is 0.161. The Bertz CT molecular complexity index is 827. The number of likely N-dealkylation sites (tertiary alicyclic amines) is 1. The molecule has 3 rings (SSSR count). The Morgan fingerprint density at radius 3 is 2.72 bits per heavy atom. The van der Waals surface area contributed by atoms with E-state index in [2.05, 4.69) is 10.6 Å². The number of fused-ring (bicyclic) bond motifs is 1. The van der Waals surface area contributed by atoms with Gasteiger partial charge >= 0.3 is 12.0 Å². The van der Waals surface area contributed by atoms with Gasteiger partial charge in [-0.25, -0.2) is 9.59 Å². The fourth-order valence-corrected chi connectivity index (χ4v) is 3.77. The van der Waals surface area contributed by atoms with Crippen LogP contribution in [0.2, 0.25) is 0 Å². The summed E-state index contributed by atoms with van der Waals surface area (Å²) in [6.07, 6.45) is 1.64. The summed E-state index contributed by atoms with van der Waals surface area (Å²) in [6, 6.07) is 4.64. The Labute approximate surface area is 169 Å². The third kappa shape index (κ3) is 4.18. The van der Waals surface area contributed by atoms with Crippen molar-refractivity contribution in [2.24, 2.45) is 5.92 Å². The van der Waals surface area contributed by atoms with E-state index in [0.29, 0.717) is 37.2 Å². The van der Waals surface area contributed by atoms with Gasteiger partial charge in [-0.3, -0.25) is 14.5 Å². The molecule has 1 aromatic carbocycles. The van der Waals surface area contributed by atoms with Gasteiger partial charge in [-0.15, -0.1) is 0 Å². The van der Waals surface area contributed by atoms with Crippen molar-refractivity contribution in [3.05, 3.63) is 24.3 Å². The number of anilines is 2. The zero-order valence-electron chi connectivity index (χ0n) is 16.6. The number of rotatable bonds is 5. The molecule has 2 aliphatic heterocycles. The smallest absolute Gasteiger partial charge is 0.326 e. The molecule has 0 unspecified atom stereocenters. The Morgan fingerprint density at radius 2 is 2.03 bits per heavy atom. The predicted octanol–water partition coefficient (Wildman–Crippen LogP) is 1.65. The Balaban J connectivity index is 1.82. The first-order valence-electron chi connectivity index (χ1n) is 9.83. The molecule has 0 radical (unpaired) electrons. The summed E-state index contributed by atoms with van der Waals surface area (Å²) in [5.41, 5.74) is 1.07. The van der Waals surface area contributed by atoms with Crippen LogP contribution in [0.15, 0.2) is 24.3 Å². The maximum absolute atomic E-state index is 13.1. The van der Waals surface area contributed by atoms with Gasteiger partial charge in [0.2, 0.25) is 11.8 Å². The molecule has 29 heavy (non-hydrogen) atoms. The first-order valence-corrected chi connectivity index (χ1v) is 9.83. The monoisotopic (exact) mass is 402 g/mol. The first-order chi connectivity index (χ1) is 13.8. The molecule has 3 atom stereocenters. The van der Waals surface area contributed by atoms with Gasteiger partial charge in [0.05, 0.1) is 11.4 Å². The minimum Gasteiger partial charge on any atom is -0.480 e. The van der Waals surface area contributed by atoms with E-state index in [1.807, 2.05) is 13.8 Å². The molecule has 1 aromatic rings. The lowest BCUT2D eigenvalue weighted by molar-refractivity contribution is -0.149. The van der Waals surface area contributed by atoms with E-state index in [4.69, 9.17) is 0 Å². The van der Waals surface area contributed by atoms with E-state index in [-0.39, 0.29) is 18.4 Å². The van der Waals surface area contributed by atoms with Crippen molar-refractivity contribution >= 4 is 35.2 Å². The lowest BCUT2D eigenvalue weighted by Gasteiger charge is -2.34. The number of carbonyl (C=O) groups is 4. The van der Waals surface area contributed by atoms with Gasteiger partial charge in [0.25, 0.3) is 0 Å². The summed E-state index contributed by atoms with van der Waals surface area (Å²) >= 11 is 0. The molecule has 2 heterocycles. The third-order valence-electron chi connectivity index (χ3n) is 5.59. The molecule has 1 fully saturated rings. The van der Waals surface area contributed by atoms with E-state index < -0.39 is 30.0 Å². The van der Waals surface area contributed by atoms with Gasteiger partial charge in [-0.05, 0) is 30.9 Å². The van der Waals surface area contributed by atoms with Crippen LogP contribution >= 0.6 is 0 Å². The molecule has 1 saturated heterocycles. The predicted molar refractivity (Wildman–Crippen MR) is 107 cm³/mol. The number of benzene rings is 1. The van der Waals surface area contributed by atoms with Crippen LogP contribution in [0.4, 0.5) is 16.2 Å². The van der Waals surface area contributed by atoms with Crippen molar-refractivity contribution in [1.82, 2.24) is 10.2 Å².